The van der Waals surface area contributed by atoms with Gasteiger partial charge in [0.1, 0.15) is 0 Å². The van der Waals surface area contributed by atoms with Gasteiger partial charge in [-0.05, 0) is 43.5 Å². The average Bonchev–Trinajstić information content (AvgIpc) is 2.90. The van der Waals surface area contributed by atoms with Crippen molar-refractivity contribution in [3.05, 3.63) is 64.7 Å². The van der Waals surface area contributed by atoms with Crippen molar-refractivity contribution in [2.75, 3.05) is 5.32 Å². The number of carbonyl (C=O) groups is 3. The molecule has 0 aliphatic carbocycles. The van der Waals surface area contributed by atoms with Crippen LogP contribution in [0.15, 0.2) is 48.5 Å². The number of aryl methyl sites for hydroxylation is 1. The highest BCUT2D eigenvalue weighted by Crippen LogP contribution is 2.36. The van der Waals surface area contributed by atoms with Gasteiger partial charge in [-0.1, -0.05) is 41.9 Å². The molecule has 2 atom stereocenters. The van der Waals surface area contributed by atoms with Crippen LogP contribution >= 0.6 is 11.6 Å². The number of anilines is 1. The lowest BCUT2D eigenvalue weighted by molar-refractivity contribution is -0.138. The summed E-state index contributed by atoms with van der Waals surface area (Å²) in [5, 5.41) is 4.25. The smallest absolute Gasteiger partial charge is 0.343 e. The van der Waals surface area contributed by atoms with Crippen LogP contribution in [0.5, 0.6) is 0 Å². The average molecular weight is 439 g/mol. The van der Waals surface area contributed by atoms with Gasteiger partial charge in [-0.15, -0.1) is 0 Å². The Labute approximate surface area is 175 Å². The van der Waals surface area contributed by atoms with E-state index in [1.807, 2.05) is 30.3 Å². The van der Waals surface area contributed by atoms with E-state index in [0.29, 0.717) is 12.5 Å². The summed E-state index contributed by atoms with van der Waals surface area (Å²) in [6.45, 7) is 1.54. The van der Waals surface area contributed by atoms with Crippen molar-refractivity contribution in [1.29, 1.82) is 0 Å². The van der Waals surface area contributed by atoms with E-state index < -0.39 is 45.8 Å². The molecule has 9 heteroatoms. The third kappa shape index (κ3) is 4.48. The number of halogens is 4. The molecule has 2 aromatic rings. The van der Waals surface area contributed by atoms with Gasteiger partial charge in [-0.2, -0.15) is 13.2 Å². The zero-order chi connectivity index (χ0) is 22.1. The third-order valence-corrected chi connectivity index (χ3v) is 5.35. The van der Waals surface area contributed by atoms with Gasteiger partial charge < -0.3 is 10.6 Å². The van der Waals surface area contributed by atoms with Gasteiger partial charge in [0.2, 0.25) is 11.8 Å². The zero-order valence-electron chi connectivity index (χ0n) is 15.8. The molecule has 1 aliphatic heterocycles. The van der Waals surface area contributed by atoms with Crippen molar-refractivity contribution in [3.63, 3.8) is 0 Å². The first-order valence-corrected chi connectivity index (χ1v) is 9.47. The van der Waals surface area contributed by atoms with E-state index in [4.69, 9.17) is 11.6 Å². The number of hydrogen-bond donors (Lipinski definition) is 2. The topological polar surface area (TPSA) is 75.3 Å². The second-order valence-electron chi connectivity index (χ2n) is 7.29. The molecule has 1 aliphatic rings. The molecule has 158 valence electrons. The van der Waals surface area contributed by atoms with E-state index in [1.54, 1.807) is 0 Å². The van der Waals surface area contributed by atoms with Crippen LogP contribution in [0.3, 0.4) is 0 Å². The molecule has 2 unspecified atom stereocenters. The number of amides is 2. The van der Waals surface area contributed by atoms with Crippen LogP contribution in [0.25, 0.3) is 0 Å². The van der Waals surface area contributed by atoms with Gasteiger partial charge in [-0.3, -0.25) is 14.4 Å². The number of hydrogen-bond acceptors (Lipinski definition) is 3. The second kappa shape index (κ2) is 8.10. The molecule has 2 N–H and O–H groups in total. The number of benzene rings is 2. The molecule has 0 bridgehead atoms. The van der Waals surface area contributed by atoms with Gasteiger partial charge in [0.15, 0.2) is 11.7 Å². The maximum atomic E-state index is 13.0. The van der Waals surface area contributed by atoms with E-state index >= 15 is 0 Å². The van der Waals surface area contributed by atoms with Crippen LogP contribution in [0.4, 0.5) is 18.9 Å². The maximum Gasteiger partial charge on any atom is 0.417 e. The fourth-order valence-electron chi connectivity index (χ4n) is 3.34. The predicted octanol–water partition coefficient (Wildman–Crippen LogP) is 4.00. The normalized spacial score (nSPS) is 21.4. The van der Waals surface area contributed by atoms with Crippen LogP contribution in [0, 0.1) is 5.92 Å². The maximum absolute atomic E-state index is 13.0. The lowest BCUT2D eigenvalue weighted by atomic mass is 9.87. The fourth-order valence-corrected chi connectivity index (χ4v) is 3.57. The van der Waals surface area contributed by atoms with Crippen molar-refractivity contribution < 1.29 is 27.6 Å². The molecule has 0 saturated carbocycles. The van der Waals surface area contributed by atoms with Crippen molar-refractivity contribution >= 4 is 34.9 Å². The SMILES string of the molecule is CC1(CCc2ccccc2)NC(=O)C(C(=O)Nc2ccc(Cl)c(C(F)(F)F)c2)C1=O. The van der Waals surface area contributed by atoms with Crippen LogP contribution in [0.1, 0.15) is 24.5 Å². The van der Waals surface area contributed by atoms with E-state index in [9.17, 15) is 27.6 Å². The summed E-state index contributed by atoms with van der Waals surface area (Å²) in [5.41, 5.74) is -1.62. The Bertz CT molecular complexity index is 995. The summed E-state index contributed by atoms with van der Waals surface area (Å²) >= 11 is 5.56. The lowest BCUT2D eigenvalue weighted by Gasteiger charge is -2.22. The largest absolute Gasteiger partial charge is 0.417 e. The quantitative estimate of drug-likeness (QED) is 0.693. The molecule has 0 aromatic heterocycles. The van der Waals surface area contributed by atoms with Crippen LogP contribution in [-0.2, 0) is 27.0 Å². The van der Waals surface area contributed by atoms with Gasteiger partial charge in [-0.25, -0.2) is 0 Å². The summed E-state index contributed by atoms with van der Waals surface area (Å²) in [7, 11) is 0. The molecule has 2 amide bonds. The van der Waals surface area contributed by atoms with E-state index in [2.05, 4.69) is 10.6 Å². The Morgan fingerprint density at radius 2 is 1.83 bits per heavy atom. The summed E-state index contributed by atoms with van der Waals surface area (Å²) < 4.78 is 39.0. The monoisotopic (exact) mass is 438 g/mol. The second-order valence-corrected chi connectivity index (χ2v) is 7.69. The molecule has 1 fully saturated rings. The molecular formula is C21H18ClF3N2O3. The zero-order valence-corrected chi connectivity index (χ0v) is 16.6. The summed E-state index contributed by atoms with van der Waals surface area (Å²) in [6.07, 6.45) is -3.93. The number of Topliss-reactive ketones (excluding diaryl/α,β-unsaturated/α-hetero) is 1. The number of ketones is 1. The highest BCUT2D eigenvalue weighted by atomic mass is 35.5. The molecule has 30 heavy (non-hydrogen) atoms. The minimum Gasteiger partial charge on any atom is -0.343 e. The van der Waals surface area contributed by atoms with E-state index in [-0.39, 0.29) is 12.1 Å². The van der Waals surface area contributed by atoms with Gasteiger partial charge in [0.05, 0.1) is 16.1 Å². The Kier molecular flexibility index (Phi) is 5.90. The van der Waals surface area contributed by atoms with Crippen molar-refractivity contribution in [2.45, 2.75) is 31.5 Å². The molecule has 3 rings (SSSR count). The molecule has 1 heterocycles. The molecule has 0 radical (unpaired) electrons. The van der Waals surface area contributed by atoms with Gasteiger partial charge in [0.25, 0.3) is 0 Å². The van der Waals surface area contributed by atoms with Crippen molar-refractivity contribution in [3.8, 4) is 0 Å². The molecule has 2 aromatic carbocycles. The molecule has 1 saturated heterocycles. The fraction of sp³-hybridized carbons (Fsp3) is 0.286. The van der Waals surface area contributed by atoms with Gasteiger partial charge in [0, 0.05) is 5.69 Å². The van der Waals surface area contributed by atoms with Gasteiger partial charge >= 0.3 is 6.18 Å². The van der Waals surface area contributed by atoms with Crippen LogP contribution < -0.4 is 10.6 Å². The first-order valence-electron chi connectivity index (χ1n) is 9.09. The number of rotatable bonds is 5. The molecule has 5 nitrogen and oxygen atoms in total. The molecular weight excluding hydrogens is 421 g/mol. The Morgan fingerprint density at radius 3 is 2.47 bits per heavy atom. The van der Waals surface area contributed by atoms with Crippen molar-refractivity contribution in [1.82, 2.24) is 5.32 Å². The lowest BCUT2D eigenvalue weighted by Crippen LogP contribution is -2.44. The third-order valence-electron chi connectivity index (χ3n) is 5.03. The minimum atomic E-state index is -4.71. The Morgan fingerprint density at radius 1 is 1.17 bits per heavy atom. The van der Waals surface area contributed by atoms with Crippen molar-refractivity contribution in [2.24, 2.45) is 5.92 Å². The summed E-state index contributed by atoms with van der Waals surface area (Å²) in [5.74, 6) is -4.03. The summed E-state index contributed by atoms with van der Waals surface area (Å²) in [6, 6.07) is 12.1. The van der Waals surface area contributed by atoms with E-state index in [0.717, 1.165) is 11.6 Å². The van der Waals surface area contributed by atoms with Crippen LogP contribution in [-0.4, -0.2) is 23.1 Å². The number of alkyl halides is 3. The van der Waals surface area contributed by atoms with E-state index in [1.165, 1.54) is 13.0 Å². The van der Waals surface area contributed by atoms with Crippen LogP contribution in [0.2, 0.25) is 5.02 Å². The number of carbonyl (C=O) groups excluding carboxylic acids is 3. The Balaban J connectivity index is 1.74. The molecule has 0 spiro atoms. The minimum absolute atomic E-state index is 0.213. The standard InChI is InChI=1S/C21H18ClF3N2O3/c1-20(10-9-12-5-3-2-4-6-12)17(28)16(19(30)27-20)18(29)26-13-7-8-15(22)14(11-13)21(23,24)25/h2-8,11,16H,9-10H2,1H3,(H,26,29)(H,27,30). The number of nitrogens with one attached hydrogen (secondary N) is 2. The highest BCUT2D eigenvalue weighted by Gasteiger charge is 2.52. The highest BCUT2D eigenvalue weighted by molar-refractivity contribution is 6.31. The summed E-state index contributed by atoms with van der Waals surface area (Å²) in [4.78, 5) is 37.7. The first-order chi connectivity index (χ1) is 14.0. The first kappa shape index (κ1) is 21.8. The Hall–Kier alpha value is -2.87. The predicted molar refractivity (Wildman–Crippen MR) is 105 cm³/mol.